The Balaban J connectivity index is 1.17. The van der Waals surface area contributed by atoms with Crippen LogP contribution < -0.4 is 14.4 Å². The molecule has 3 heterocycles. The van der Waals surface area contributed by atoms with Crippen LogP contribution in [0.15, 0.2) is 115 Å². The van der Waals surface area contributed by atoms with Gasteiger partial charge in [0.05, 0.1) is 30.6 Å². The predicted molar refractivity (Wildman–Crippen MR) is 272 cm³/mol. The number of carbonyl (C=O) groups is 1. The van der Waals surface area contributed by atoms with Crippen molar-refractivity contribution in [3.63, 3.8) is 0 Å². The molecule has 0 saturated heterocycles. The number of carboxylic acids is 1. The van der Waals surface area contributed by atoms with Crippen molar-refractivity contribution >= 4 is 63.2 Å². The van der Waals surface area contributed by atoms with Crippen LogP contribution in [0.2, 0.25) is 0 Å². The van der Waals surface area contributed by atoms with E-state index in [0.717, 1.165) is 110 Å². The molecular formula is C55H59N5O4S2. The van der Waals surface area contributed by atoms with Gasteiger partial charge in [-0.2, -0.15) is 14.0 Å². The van der Waals surface area contributed by atoms with Crippen molar-refractivity contribution in [2.24, 2.45) is 0 Å². The molecule has 0 unspecified atom stereocenters. The number of fused-ring (bicyclic) bond motifs is 1. The van der Waals surface area contributed by atoms with E-state index >= 15 is 0 Å². The number of hydrogen-bond donors (Lipinski definition) is 1. The van der Waals surface area contributed by atoms with Gasteiger partial charge in [-0.1, -0.05) is 115 Å². The maximum Gasteiger partial charge on any atom is 0.346 e. The number of anilines is 3. The first-order chi connectivity index (χ1) is 32.4. The Morgan fingerprint density at radius 3 is 1.76 bits per heavy atom. The Labute approximate surface area is 397 Å². The average Bonchev–Trinajstić information content (AvgIpc) is 4.02. The first kappa shape index (κ1) is 47.6. The van der Waals surface area contributed by atoms with Crippen molar-refractivity contribution in [2.45, 2.75) is 104 Å². The lowest BCUT2D eigenvalue weighted by atomic mass is 10.0. The van der Waals surface area contributed by atoms with Gasteiger partial charge in [0.25, 0.3) is 0 Å². The third-order valence-electron chi connectivity index (χ3n) is 11.6. The van der Waals surface area contributed by atoms with E-state index in [1.165, 1.54) is 68.3 Å². The monoisotopic (exact) mass is 917 g/mol. The van der Waals surface area contributed by atoms with Gasteiger partial charge in [-0.15, -0.1) is 11.3 Å². The molecule has 0 aliphatic rings. The molecule has 0 saturated carbocycles. The zero-order valence-corrected chi connectivity index (χ0v) is 39.9. The number of aromatic nitrogens is 3. The van der Waals surface area contributed by atoms with Crippen molar-refractivity contribution in [1.29, 1.82) is 5.26 Å². The average molecular weight is 918 g/mol. The fraction of sp³-hybridized carbons (Fsp3) is 0.327. The Kier molecular flexibility index (Phi) is 17.5. The van der Waals surface area contributed by atoms with E-state index in [-0.39, 0.29) is 5.57 Å². The summed E-state index contributed by atoms with van der Waals surface area (Å²) in [6, 6.07) is 36.9. The third kappa shape index (κ3) is 12.3. The maximum absolute atomic E-state index is 11.4. The minimum Gasteiger partial charge on any atom is -0.494 e. The number of hydrogen-bond acceptors (Lipinski definition) is 10. The quantitative estimate of drug-likeness (QED) is 0.0339. The highest BCUT2D eigenvalue weighted by Gasteiger charge is 2.21. The van der Waals surface area contributed by atoms with Crippen LogP contribution >= 0.6 is 23.1 Å². The summed E-state index contributed by atoms with van der Waals surface area (Å²) >= 11 is 2.91. The maximum atomic E-state index is 11.4. The first-order valence-corrected chi connectivity index (χ1v) is 25.0. The predicted octanol–water partition coefficient (Wildman–Crippen LogP) is 15.7. The number of rotatable bonds is 25. The van der Waals surface area contributed by atoms with Crippen LogP contribution in [0.4, 0.5) is 17.1 Å². The number of carboxylic acid groups (broad SMARTS) is 1. The summed E-state index contributed by atoms with van der Waals surface area (Å²) in [6.07, 6.45) is 18.2. The number of ether oxygens (including phenoxy) is 2. The van der Waals surface area contributed by atoms with Crippen LogP contribution in [0.5, 0.6) is 11.5 Å². The number of benzene rings is 4. The highest BCUT2D eigenvalue weighted by molar-refractivity contribution is 7.19. The standard InChI is InChI=1S/C55H59N5O4S2/c1-4-7-10-13-16-42-36-50(40-19-17-39(18-20-40)35-43(37-56)55(61)62)65-54(42)49-38-57-51(53-52(49)58-66-59-53)41-21-23-44(24-22-41)60(45-25-29-47(30-26-45)63-33-14-11-8-5-2)46-27-31-48(32-28-46)64-34-15-12-9-6-3/h17-32,35-36,38H,4-16,33-34H2,1-3H3,(H,61,62)/b43-35-. The number of nitrogens with zero attached hydrogens (tertiary/aromatic N) is 5. The molecule has 66 heavy (non-hydrogen) atoms. The van der Waals surface area contributed by atoms with Gasteiger partial charge in [-0.05, 0) is 115 Å². The van der Waals surface area contributed by atoms with Crippen LogP contribution in [0.3, 0.4) is 0 Å². The van der Waals surface area contributed by atoms with E-state index in [9.17, 15) is 15.2 Å². The van der Waals surface area contributed by atoms with Gasteiger partial charge in [0.1, 0.15) is 34.2 Å². The SMILES string of the molecule is CCCCCCOc1ccc(N(c2ccc(OCCCCCC)cc2)c2ccc(-c3ncc(-c4sc(-c5ccc(/C=C(/C#N)C(=O)O)cc5)cc4CCCCCC)c4nsnc34)cc2)cc1. The molecule has 3 aromatic heterocycles. The summed E-state index contributed by atoms with van der Waals surface area (Å²) < 4.78 is 21.9. The molecular weight excluding hydrogens is 859 g/mol. The zero-order valence-electron chi connectivity index (χ0n) is 38.3. The largest absolute Gasteiger partial charge is 0.494 e. The molecule has 0 bridgehead atoms. The molecule has 0 fully saturated rings. The van der Waals surface area contributed by atoms with Gasteiger partial charge in [0.2, 0.25) is 0 Å². The summed E-state index contributed by atoms with van der Waals surface area (Å²) in [5, 5.41) is 18.6. The smallest absolute Gasteiger partial charge is 0.346 e. The van der Waals surface area contributed by atoms with Gasteiger partial charge in [-0.25, -0.2) is 4.79 Å². The zero-order chi connectivity index (χ0) is 46.1. The second-order valence-corrected chi connectivity index (χ2v) is 18.1. The minimum absolute atomic E-state index is 0.300. The topological polar surface area (TPSA) is 121 Å². The first-order valence-electron chi connectivity index (χ1n) is 23.5. The molecule has 0 spiro atoms. The number of nitriles is 1. The molecule has 11 heteroatoms. The Morgan fingerprint density at radius 1 is 0.682 bits per heavy atom. The van der Waals surface area contributed by atoms with E-state index in [0.29, 0.717) is 18.8 Å². The van der Waals surface area contributed by atoms with Crippen molar-refractivity contribution in [2.75, 3.05) is 18.1 Å². The molecule has 0 aliphatic heterocycles. The van der Waals surface area contributed by atoms with Crippen molar-refractivity contribution in [3.8, 4) is 49.7 Å². The lowest BCUT2D eigenvalue weighted by molar-refractivity contribution is -0.132. The Hall–Kier alpha value is -6.35. The molecule has 0 atom stereocenters. The number of aryl methyl sites for hydroxylation is 1. The van der Waals surface area contributed by atoms with E-state index < -0.39 is 5.97 Å². The van der Waals surface area contributed by atoms with Gasteiger partial charge in [0, 0.05) is 44.1 Å². The fourth-order valence-corrected chi connectivity index (χ4v) is 9.75. The van der Waals surface area contributed by atoms with Crippen LogP contribution in [0, 0.1) is 11.3 Å². The third-order valence-corrected chi connectivity index (χ3v) is 13.4. The van der Waals surface area contributed by atoms with Crippen LogP contribution in [0.25, 0.3) is 49.2 Å². The molecule has 0 aliphatic carbocycles. The van der Waals surface area contributed by atoms with Gasteiger partial charge < -0.3 is 19.5 Å². The van der Waals surface area contributed by atoms with Crippen molar-refractivity contribution in [3.05, 3.63) is 126 Å². The minimum atomic E-state index is -1.24. The van der Waals surface area contributed by atoms with E-state index in [1.54, 1.807) is 17.4 Å². The molecule has 0 radical (unpaired) electrons. The second kappa shape index (κ2) is 24.3. The van der Waals surface area contributed by atoms with Crippen molar-refractivity contribution < 1.29 is 19.4 Å². The molecule has 4 aromatic carbocycles. The highest BCUT2D eigenvalue weighted by atomic mass is 32.1. The highest BCUT2D eigenvalue weighted by Crippen LogP contribution is 2.43. The van der Waals surface area contributed by atoms with Gasteiger partial charge in [0.15, 0.2) is 0 Å². The number of unbranched alkanes of at least 4 members (excludes halogenated alkanes) is 9. The fourth-order valence-electron chi connectivity index (χ4n) is 7.96. The van der Waals surface area contributed by atoms with E-state index in [1.807, 2.05) is 30.5 Å². The van der Waals surface area contributed by atoms with Crippen LogP contribution in [0.1, 0.15) is 109 Å². The van der Waals surface area contributed by atoms with Gasteiger partial charge >= 0.3 is 5.97 Å². The van der Waals surface area contributed by atoms with E-state index in [2.05, 4.69) is 105 Å². The van der Waals surface area contributed by atoms with Crippen LogP contribution in [-0.4, -0.2) is 38.0 Å². The summed E-state index contributed by atoms with van der Waals surface area (Å²) in [7, 11) is 0. The summed E-state index contributed by atoms with van der Waals surface area (Å²) in [5.74, 6) is 0.496. The molecule has 1 N–H and O–H groups in total. The number of pyridine rings is 1. The molecule has 7 rings (SSSR count). The Bertz CT molecular complexity index is 2640. The molecule has 0 amide bonds. The molecule has 7 aromatic rings. The van der Waals surface area contributed by atoms with E-state index in [4.69, 9.17) is 23.2 Å². The second-order valence-electron chi connectivity index (χ2n) is 16.5. The van der Waals surface area contributed by atoms with Crippen LogP contribution in [-0.2, 0) is 11.2 Å². The van der Waals surface area contributed by atoms with Crippen molar-refractivity contribution in [1.82, 2.24) is 13.7 Å². The molecule has 340 valence electrons. The molecule has 9 nitrogen and oxygen atoms in total. The summed E-state index contributed by atoms with van der Waals surface area (Å²) in [6.45, 7) is 8.10. The Morgan fingerprint density at radius 2 is 1.21 bits per heavy atom. The lowest BCUT2D eigenvalue weighted by Gasteiger charge is -2.26. The number of thiophene rings is 1. The number of aliphatic carboxylic acids is 1. The lowest BCUT2D eigenvalue weighted by Crippen LogP contribution is -2.10. The normalized spacial score (nSPS) is 11.5. The summed E-state index contributed by atoms with van der Waals surface area (Å²) in [5.41, 5.74) is 9.95. The van der Waals surface area contributed by atoms with Gasteiger partial charge in [-0.3, -0.25) is 4.98 Å². The summed E-state index contributed by atoms with van der Waals surface area (Å²) in [4.78, 5) is 21.0.